The molecule has 0 spiro atoms. The lowest BCUT2D eigenvalue weighted by Crippen LogP contribution is -2.48. The van der Waals surface area contributed by atoms with Crippen molar-refractivity contribution in [2.45, 2.75) is 4.90 Å². The molecule has 39 heavy (non-hydrogen) atoms. The Morgan fingerprint density at radius 3 is 1.97 bits per heavy atom. The first kappa shape index (κ1) is 27.0. The van der Waals surface area contributed by atoms with Gasteiger partial charge in [-0.05, 0) is 78.9 Å². The van der Waals surface area contributed by atoms with E-state index in [0.29, 0.717) is 63.9 Å². The van der Waals surface area contributed by atoms with E-state index in [0.717, 1.165) is 5.69 Å². The Bertz CT molecular complexity index is 1560. The number of halogens is 2. The summed E-state index contributed by atoms with van der Waals surface area (Å²) in [6, 6.07) is 28.0. The number of amides is 1. The average Bonchev–Trinajstić information content (AvgIpc) is 2.96. The van der Waals surface area contributed by atoms with E-state index >= 15 is 0 Å². The molecule has 1 amide bonds. The van der Waals surface area contributed by atoms with Gasteiger partial charge in [0.1, 0.15) is 11.5 Å². The number of nitrogens with zero attached hydrogens (tertiary/aromatic N) is 2. The van der Waals surface area contributed by atoms with E-state index in [9.17, 15) is 13.2 Å². The lowest BCUT2D eigenvalue weighted by atomic mass is 10.2. The molecule has 10 heteroatoms. The maximum absolute atomic E-state index is 12.9. The van der Waals surface area contributed by atoms with E-state index in [4.69, 9.17) is 27.9 Å². The van der Waals surface area contributed by atoms with E-state index in [2.05, 4.69) is 10.2 Å². The maximum Gasteiger partial charge on any atom is 0.255 e. The van der Waals surface area contributed by atoms with Crippen LogP contribution in [0.1, 0.15) is 10.4 Å². The van der Waals surface area contributed by atoms with Crippen molar-refractivity contribution in [3.8, 4) is 11.5 Å². The number of ether oxygens (including phenoxy) is 1. The molecular weight excluding hydrogens is 557 g/mol. The molecule has 0 aliphatic carbocycles. The summed E-state index contributed by atoms with van der Waals surface area (Å²) in [6.07, 6.45) is 0. The normalized spacial score (nSPS) is 14.2. The molecule has 1 fully saturated rings. The zero-order chi connectivity index (χ0) is 27.4. The molecule has 1 aliphatic rings. The highest BCUT2D eigenvalue weighted by Gasteiger charge is 2.28. The highest BCUT2D eigenvalue weighted by atomic mass is 35.5. The van der Waals surface area contributed by atoms with Crippen molar-refractivity contribution in [2.24, 2.45) is 0 Å². The third kappa shape index (κ3) is 6.37. The largest absolute Gasteiger partial charge is 0.457 e. The van der Waals surface area contributed by atoms with E-state index in [-0.39, 0.29) is 5.91 Å². The molecule has 1 heterocycles. The van der Waals surface area contributed by atoms with E-state index < -0.39 is 10.0 Å². The number of carbonyl (C=O) groups is 1. The van der Waals surface area contributed by atoms with Crippen LogP contribution in [0.25, 0.3) is 0 Å². The van der Waals surface area contributed by atoms with Crippen molar-refractivity contribution in [1.29, 1.82) is 0 Å². The Kier molecular flexibility index (Phi) is 8.09. The van der Waals surface area contributed by atoms with Crippen molar-refractivity contribution < 1.29 is 17.9 Å². The number of hydrogen-bond acceptors (Lipinski definition) is 5. The molecule has 0 saturated carbocycles. The Labute approximate surface area is 237 Å². The number of piperazine rings is 1. The number of anilines is 2. The Hall–Kier alpha value is -3.56. The molecule has 200 valence electrons. The summed E-state index contributed by atoms with van der Waals surface area (Å²) in [4.78, 5) is 14.9. The summed E-state index contributed by atoms with van der Waals surface area (Å²) in [5.41, 5.74) is 2.02. The zero-order valence-corrected chi connectivity index (χ0v) is 23.1. The van der Waals surface area contributed by atoms with Gasteiger partial charge in [0.05, 0.1) is 14.9 Å². The fraction of sp³-hybridized carbons (Fsp3) is 0.138. The van der Waals surface area contributed by atoms with Crippen LogP contribution in [0.2, 0.25) is 10.0 Å². The minimum atomic E-state index is -3.48. The first-order valence-electron chi connectivity index (χ1n) is 12.2. The first-order valence-corrected chi connectivity index (χ1v) is 14.4. The fourth-order valence-corrected chi connectivity index (χ4v) is 5.98. The molecule has 0 aromatic heterocycles. The van der Waals surface area contributed by atoms with Crippen LogP contribution < -0.4 is 15.0 Å². The van der Waals surface area contributed by atoms with Gasteiger partial charge in [-0.2, -0.15) is 4.31 Å². The van der Waals surface area contributed by atoms with Crippen LogP contribution in [-0.4, -0.2) is 44.8 Å². The monoisotopic (exact) mass is 581 g/mol. The van der Waals surface area contributed by atoms with Gasteiger partial charge in [0.25, 0.3) is 5.91 Å². The minimum Gasteiger partial charge on any atom is -0.457 e. The predicted molar refractivity (Wildman–Crippen MR) is 155 cm³/mol. The number of carbonyl (C=O) groups excluding carboxylic acids is 1. The van der Waals surface area contributed by atoms with E-state index in [1.165, 1.54) is 10.4 Å². The molecule has 0 bridgehead atoms. The summed E-state index contributed by atoms with van der Waals surface area (Å²) < 4.78 is 33.2. The second-order valence-electron chi connectivity index (χ2n) is 8.91. The van der Waals surface area contributed by atoms with Crippen LogP contribution in [0.3, 0.4) is 0 Å². The lowest BCUT2D eigenvalue weighted by Gasteiger charge is -2.35. The van der Waals surface area contributed by atoms with Crippen LogP contribution in [-0.2, 0) is 10.0 Å². The van der Waals surface area contributed by atoms with Gasteiger partial charge < -0.3 is 15.0 Å². The van der Waals surface area contributed by atoms with Gasteiger partial charge in [0, 0.05) is 43.1 Å². The second kappa shape index (κ2) is 11.7. The Morgan fingerprint density at radius 1 is 0.744 bits per heavy atom. The SMILES string of the molecule is O=C(Nc1ccc(Oc2ccc(N3CCN(S(=O)(=O)c4ccccc4)CC3)cc2)cc1)c1ccc(Cl)c(Cl)c1. The molecule has 7 nitrogen and oxygen atoms in total. The molecule has 4 aromatic carbocycles. The lowest BCUT2D eigenvalue weighted by molar-refractivity contribution is 0.102. The quantitative estimate of drug-likeness (QED) is 0.268. The summed E-state index contributed by atoms with van der Waals surface area (Å²) in [6.45, 7) is 2.04. The molecule has 1 saturated heterocycles. The van der Waals surface area contributed by atoms with Gasteiger partial charge in [0.15, 0.2) is 0 Å². The highest BCUT2D eigenvalue weighted by Crippen LogP contribution is 2.28. The van der Waals surface area contributed by atoms with Crippen LogP contribution in [0.5, 0.6) is 11.5 Å². The third-order valence-electron chi connectivity index (χ3n) is 6.35. The Morgan fingerprint density at radius 2 is 1.36 bits per heavy atom. The second-order valence-corrected chi connectivity index (χ2v) is 11.7. The predicted octanol–water partition coefficient (Wildman–Crippen LogP) is 6.55. The smallest absolute Gasteiger partial charge is 0.255 e. The number of benzene rings is 4. The van der Waals surface area contributed by atoms with Gasteiger partial charge >= 0.3 is 0 Å². The number of nitrogens with one attached hydrogen (secondary N) is 1. The average molecular weight is 583 g/mol. The first-order chi connectivity index (χ1) is 18.8. The maximum atomic E-state index is 12.9. The standard InChI is InChI=1S/C29H25Cl2N3O4S/c30-27-15-6-21(20-28(27)31)29(35)32-22-7-11-24(12-8-22)38-25-13-9-23(10-14-25)33-16-18-34(19-17-33)39(36,37)26-4-2-1-3-5-26/h1-15,20H,16-19H2,(H,32,35). The van der Waals surface area contributed by atoms with Gasteiger partial charge in [-0.3, -0.25) is 4.79 Å². The number of sulfonamides is 1. The summed E-state index contributed by atoms with van der Waals surface area (Å²) in [7, 11) is -3.48. The molecule has 5 rings (SSSR count). The minimum absolute atomic E-state index is 0.295. The van der Waals surface area contributed by atoms with Crippen molar-refractivity contribution >= 4 is 50.5 Å². The molecule has 4 aromatic rings. The number of hydrogen-bond donors (Lipinski definition) is 1. The summed E-state index contributed by atoms with van der Waals surface area (Å²) >= 11 is 11.9. The molecule has 1 aliphatic heterocycles. The van der Waals surface area contributed by atoms with Gasteiger partial charge in [0.2, 0.25) is 10.0 Å². The van der Waals surface area contributed by atoms with Gasteiger partial charge in [-0.15, -0.1) is 0 Å². The summed E-state index contributed by atoms with van der Waals surface area (Å²) in [5, 5.41) is 3.52. The van der Waals surface area contributed by atoms with Crippen LogP contribution in [0.4, 0.5) is 11.4 Å². The van der Waals surface area contributed by atoms with Crippen LogP contribution in [0, 0.1) is 0 Å². The highest BCUT2D eigenvalue weighted by molar-refractivity contribution is 7.89. The van der Waals surface area contributed by atoms with Gasteiger partial charge in [-0.1, -0.05) is 41.4 Å². The van der Waals surface area contributed by atoms with Crippen LogP contribution >= 0.6 is 23.2 Å². The Balaban J connectivity index is 1.15. The van der Waals surface area contributed by atoms with Gasteiger partial charge in [-0.25, -0.2) is 8.42 Å². The molecule has 1 N–H and O–H groups in total. The van der Waals surface area contributed by atoms with Crippen molar-refractivity contribution in [1.82, 2.24) is 4.31 Å². The molecule has 0 unspecified atom stereocenters. The van der Waals surface area contributed by atoms with Crippen molar-refractivity contribution in [3.05, 3.63) is 113 Å². The van der Waals surface area contributed by atoms with Crippen molar-refractivity contribution in [2.75, 3.05) is 36.4 Å². The topological polar surface area (TPSA) is 79.0 Å². The zero-order valence-electron chi connectivity index (χ0n) is 20.8. The van der Waals surface area contributed by atoms with Crippen molar-refractivity contribution in [3.63, 3.8) is 0 Å². The molecule has 0 atom stereocenters. The van der Waals surface area contributed by atoms with Crippen LogP contribution in [0.15, 0.2) is 102 Å². The molecular formula is C29H25Cl2N3O4S. The number of rotatable bonds is 7. The fourth-order valence-electron chi connectivity index (χ4n) is 4.24. The summed E-state index contributed by atoms with van der Waals surface area (Å²) in [5.74, 6) is 0.989. The van der Waals surface area contributed by atoms with E-state index in [1.54, 1.807) is 66.7 Å². The van der Waals surface area contributed by atoms with E-state index in [1.807, 2.05) is 24.3 Å². The third-order valence-corrected chi connectivity index (χ3v) is 9.00. The molecule has 0 radical (unpaired) electrons.